The van der Waals surface area contributed by atoms with Crippen LogP contribution in [0.25, 0.3) is 5.69 Å². The molecule has 1 aromatic carbocycles. The number of aromatic nitrogens is 4. The van der Waals surface area contributed by atoms with Crippen molar-refractivity contribution in [2.75, 3.05) is 0 Å². The number of rotatable bonds is 5. The van der Waals surface area contributed by atoms with Gasteiger partial charge in [-0.15, -0.1) is 0 Å². The molecule has 7 heteroatoms. The van der Waals surface area contributed by atoms with Crippen LogP contribution >= 0.6 is 11.6 Å². The third kappa shape index (κ3) is 3.58. The highest BCUT2D eigenvalue weighted by atomic mass is 35.5. The average Bonchev–Trinajstić information content (AvgIpc) is 3.07. The molecular weight excluding hydrogens is 338 g/mol. The number of halogens is 1. The summed E-state index contributed by atoms with van der Waals surface area (Å²) in [5.41, 5.74) is 4.72. The fraction of sp³-hybridized carbons (Fsp3) is 0.278. The molecule has 0 fully saturated rings. The molecule has 3 rings (SSSR count). The lowest BCUT2D eigenvalue weighted by Gasteiger charge is -2.08. The highest BCUT2D eigenvalue weighted by Crippen LogP contribution is 2.18. The van der Waals surface area contributed by atoms with E-state index in [1.165, 1.54) is 0 Å². The van der Waals surface area contributed by atoms with Crippen LogP contribution in [0.15, 0.2) is 36.5 Å². The number of nitrogens with one attached hydrogen (secondary N) is 1. The molecule has 2 heterocycles. The molecule has 130 valence electrons. The number of hydrogen-bond acceptors (Lipinski definition) is 3. The zero-order valence-corrected chi connectivity index (χ0v) is 15.2. The summed E-state index contributed by atoms with van der Waals surface area (Å²) < 4.78 is 3.49. The first kappa shape index (κ1) is 17.2. The zero-order chi connectivity index (χ0) is 18.0. The number of nitrogens with zero attached hydrogens (tertiary/aromatic N) is 4. The number of para-hydroxylation sites is 1. The minimum absolute atomic E-state index is 0.117. The molecule has 6 nitrogen and oxygen atoms in total. The van der Waals surface area contributed by atoms with Gasteiger partial charge < -0.3 is 5.32 Å². The third-order valence-electron chi connectivity index (χ3n) is 4.24. The molecule has 0 saturated carbocycles. The Morgan fingerprint density at radius 3 is 2.52 bits per heavy atom. The van der Waals surface area contributed by atoms with Gasteiger partial charge in [0.05, 0.1) is 28.3 Å². The predicted octanol–water partition coefficient (Wildman–Crippen LogP) is 2.96. The van der Waals surface area contributed by atoms with Crippen LogP contribution in [0.1, 0.15) is 22.6 Å². The van der Waals surface area contributed by atoms with Crippen LogP contribution in [0, 0.1) is 20.8 Å². The predicted molar refractivity (Wildman–Crippen MR) is 96.9 cm³/mol. The summed E-state index contributed by atoms with van der Waals surface area (Å²) in [7, 11) is 0. The number of benzene rings is 1. The lowest BCUT2D eigenvalue weighted by molar-refractivity contribution is -0.122. The maximum atomic E-state index is 12.2. The fourth-order valence-corrected chi connectivity index (χ4v) is 2.85. The van der Waals surface area contributed by atoms with Gasteiger partial charge in [-0.1, -0.05) is 29.8 Å². The van der Waals surface area contributed by atoms with E-state index in [0.717, 1.165) is 28.3 Å². The van der Waals surface area contributed by atoms with Gasteiger partial charge in [0.1, 0.15) is 6.54 Å². The summed E-state index contributed by atoms with van der Waals surface area (Å²) in [6.45, 7) is 6.36. The molecule has 0 saturated heterocycles. The highest BCUT2D eigenvalue weighted by molar-refractivity contribution is 6.31. The largest absolute Gasteiger partial charge is 0.350 e. The van der Waals surface area contributed by atoms with Crippen LogP contribution in [0.2, 0.25) is 5.02 Å². The Balaban J connectivity index is 1.70. The zero-order valence-electron chi connectivity index (χ0n) is 14.5. The van der Waals surface area contributed by atoms with E-state index in [0.29, 0.717) is 11.6 Å². The van der Waals surface area contributed by atoms with Crippen molar-refractivity contribution in [2.24, 2.45) is 0 Å². The number of carbonyl (C=O) groups is 1. The molecule has 1 N–H and O–H groups in total. The van der Waals surface area contributed by atoms with E-state index < -0.39 is 0 Å². The quantitative estimate of drug-likeness (QED) is 0.763. The maximum Gasteiger partial charge on any atom is 0.242 e. The Bertz CT molecular complexity index is 898. The van der Waals surface area contributed by atoms with E-state index >= 15 is 0 Å². The van der Waals surface area contributed by atoms with Crippen LogP contribution in [0.3, 0.4) is 0 Å². The molecule has 3 aromatic rings. The molecule has 0 aliphatic rings. The monoisotopic (exact) mass is 357 g/mol. The van der Waals surface area contributed by atoms with E-state index in [4.69, 9.17) is 11.6 Å². The van der Waals surface area contributed by atoms with E-state index in [2.05, 4.69) is 15.5 Å². The van der Waals surface area contributed by atoms with E-state index in [9.17, 15) is 4.79 Å². The molecule has 1 amide bonds. The fourth-order valence-electron chi connectivity index (χ4n) is 2.71. The molecule has 0 atom stereocenters. The first-order valence-electron chi connectivity index (χ1n) is 8.02. The topological polar surface area (TPSA) is 64.7 Å². The Kier molecular flexibility index (Phi) is 4.90. The molecule has 0 unspecified atom stereocenters. The second-order valence-corrected chi connectivity index (χ2v) is 6.32. The molecule has 0 radical (unpaired) electrons. The molecule has 0 spiro atoms. The van der Waals surface area contributed by atoms with Crippen molar-refractivity contribution < 1.29 is 4.79 Å². The standard InChI is InChI=1S/C18H20ClN5O/c1-12-16(13(2)24(22-12)15-7-5-4-6-8-15)9-20-18(25)11-23-14(3)17(19)10-21-23/h4-8,10H,9,11H2,1-3H3,(H,20,25). The Morgan fingerprint density at radius 1 is 1.16 bits per heavy atom. The van der Waals surface area contributed by atoms with Gasteiger partial charge in [-0.05, 0) is 32.9 Å². The summed E-state index contributed by atoms with van der Waals surface area (Å²) in [6, 6.07) is 9.94. The summed E-state index contributed by atoms with van der Waals surface area (Å²) in [5, 5.41) is 12.2. The van der Waals surface area contributed by atoms with E-state index in [1.807, 2.05) is 55.8 Å². The highest BCUT2D eigenvalue weighted by Gasteiger charge is 2.14. The molecule has 2 aromatic heterocycles. The van der Waals surface area contributed by atoms with Gasteiger partial charge in [0.2, 0.25) is 5.91 Å². The van der Waals surface area contributed by atoms with E-state index in [-0.39, 0.29) is 12.5 Å². The van der Waals surface area contributed by atoms with Crippen LogP contribution < -0.4 is 5.32 Å². The minimum Gasteiger partial charge on any atom is -0.350 e. The van der Waals surface area contributed by atoms with Crippen molar-refractivity contribution >= 4 is 17.5 Å². The van der Waals surface area contributed by atoms with Crippen molar-refractivity contribution in [1.29, 1.82) is 0 Å². The van der Waals surface area contributed by atoms with Crippen LogP contribution in [-0.2, 0) is 17.9 Å². The average molecular weight is 358 g/mol. The Hall–Kier alpha value is -2.60. The van der Waals surface area contributed by atoms with Gasteiger partial charge in [0, 0.05) is 17.8 Å². The maximum absolute atomic E-state index is 12.2. The first-order chi connectivity index (χ1) is 12.0. The van der Waals surface area contributed by atoms with Crippen molar-refractivity contribution in [2.45, 2.75) is 33.9 Å². The molecule has 0 aliphatic carbocycles. The number of hydrogen-bond donors (Lipinski definition) is 1. The minimum atomic E-state index is -0.117. The number of carbonyl (C=O) groups excluding carboxylic acids is 1. The van der Waals surface area contributed by atoms with Crippen molar-refractivity contribution in [3.05, 3.63) is 64.2 Å². The third-order valence-corrected chi connectivity index (χ3v) is 4.61. The SMILES string of the molecule is Cc1nn(-c2ccccc2)c(C)c1CNC(=O)Cn1ncc(Cl)c1C. The second-order valence-electron chi connectivity index (χ2n) is 5.91. The smallest absolute Gasteiger partial charge is 0.242 e. The lowest BCUT2D eigenvalue weighted by Crippen LogP contribution is -2.28. The lowest BCUT2D eigenvalue weighted by atomic mass is 10.2. The van der Waals surface area contributed by atoms with Crippen LogP contribution in [0.5, 0.6) is 0 Å². The summed E-state index contributed by atoms with van der Waals surface area (Å²) in [5.74, 6) is -0.117. The van der Waals surface area contributed by atoms with Crippen molar-refractivity contribution in [3.8, 4) is 5.69 Å². The summed E-state index contributed by atoms with van der Waals surface area (Å²) in [4.78, 5) is 12.2. The Labute approximate surface area is 151 Å². The summed E-state index contributed by atoms with van der Waals surface area (Å²) in [6.07, 6.45) is 1.54. The van der Waals surface area contributed by atoms with Gasteiger partial charge in [-0.3, -0.25) is 9.48 Å². The van der Waals surface area contributed by atoms with Gasteiger partial charge >= 0.3 is 0 Å². The molecular formula is C18H20ClN5O. The van der Waals surface area contributed by atoms with Gasteiger partial charge in [-0.2, -0.15) is 10.2 Å². The molecule has 0 aliphatic heterocycles. The van der Waals surface area contributed by atoms with Crippen LogP contribution in [-0.4, -0.2) is 25.5 Å². The van der Waals surface area contributed by atoms with Crippen molar-refractivity contribution in [1.82, 2.24) is 24.9 Å². The molecule has 0 bridgehead atoms. The number of amides is 1. The molecule has 25 heavy (non-hydrogen) atoms. The second kappa shape index (κ2) is 7.11. The Morgan fingerprint density at radius 2 is 1.88 bits per heavy atom. The first-order valence-corrected chi connectivity index (χ1v) is 8.40. The van der Waals surface area contributed by atoms with Gasteiger partial charge in [0.25, 0.3) is 0 Å². The number of aryl methyl sites for hydroxylation is 1. The van der Waals surface area contributed by atoms with Gasteiger partial charge in [-0.25, -0.2) is 4.68 Å². The van der Waals surface area contributed by atoms with Crippen molar-refractivity contribution in [3.63, 3.8) is 0 Å². The van der Waals surface area contributed by atoms with E-state index in [1.54, 1.807) is 10.9 Å². The normalized spacial score (nSPS) is 10.9. The van der Waals surface area contributed by atoms with Crippen LogP contribution in [0.4, 0.5) is 0 Å². The van der Waals surface area contributed by atoms with Gasteiger partial charge in [0.15, 0.2) is 0 Å². The summed E-state index contributed by atoms with van der Waals surface area (Å²) >= 11 is 5.96.